The van der Waals surface area contributed by atoms with E-state index in [1.807, 2.05) is 43.3 Å². The van der Waals surface area contributed by atoms with Crippen LogP contribution in [0.4, 0.5) is 5.69 Å². The zero-order valence-electron chi connectivity index (χ0n) is 12.5. The summed E-state index contributed by atoms with van der Waals surface area (Å²) in [5.74, 6) is 0.470. The van der Waals surface area contributed by atoms with Crippen LogP contribution in [0, 0.1) is 6.92 Å². The molecule has 0 atom stereocenters. The monoisotopic (exact) mass is 425 g/mol. The summed E-state index contributed by atoms with van der Waals surface area (Å²) in [6, 6.07) is 11.6. The number of carbonyl (C=O) groups excluding carboxylic acids is 1. The van der Waals surface area contributed by atoms with Gasteiger partial charge in [0.2, 0.25) is 0 Å². The molecule has 0 spiro atoms. The number of halogens is 2. The Morgan fingerprint density at radius 1 is 1.23 bits per heavy atom. The number of anilines is 1. The first-order valence-corrected chi connectivity index (χ1v) is 8.56. The summed E-state index contributed by atoms with van der Waals surface area (Å²) in [6.07, 6.45) is 0.871. The molecule has 3 nitrogen and oxygen atoms in total. The number of rotatable bonds is 5. The van der Waals surface area contributed by atoms with Crippen molar-refractivity contribution in [2.24, 2.45) is 0 Å². The topological polar surface area (TPSA) is 38.3 Å². The van der Waals surface area contributed by atoms with Crippen molar-refractivity contribution in [3.8, 4) is 5.75 Å². The maximum absolute atomic E-state index is 12.1. The van der Waals surface area contributed by atoms with Crippen molar-refractivity contribution < 1.29 is 9.53 Å². The maximum Gasteiger partial charge on any atom is 0.262 e. The van der Waals surface area contributed by atoms with Crippen LogP contribution in [0.1, 0.15) is 18.1 Å². The Hall–Kier alpha value is -1.33. The first kappa shape index (κ1) is 17.0. The van der Waals surface area contributed by atoms with Crippen molar-refractivity contribution >= 4 is 43.5 Å². The molecule has 2 rings (SSSR count). The van der Waals surface area contributed by atoms with Gasteiger partial charge in [0.1, 0.15) is 5.75 Å². The third kappa shape index (κ3) is 4.34. The third-order valence-corrected chi connectivity index (χ3v) is 4.37. The summed E-state index contributed by atoms with van der Waals surface area (Å²) < 4.78 is 7.31. The lowest BCUT2D eigenvalue weighted by Gasteiger charge is -2.14. The number of hydrogen-bond acceptors (Lipinski definition) is 2. The molecule has 0 radical (unpaired) electrons. The van der Waals surface area contributed by atoms with Crippen LogP contribution in [0.2, 0.25) is 0 Å². The Labute approximate surface area is 147 Å². The van der Waals surface area contributed by atoms with Gasteiger partial charge < -0.3 is 10.1 Å². The van der Waals surface area contributed by atoms with Gasteiger partial charge in [-0.15, -0.1) is 0 Å². The Morgan fingerprint density at radius 3 is 2.68 bits per heavy atom. The molecule has 0 aliphatic rings. The highest BCUT2D eigenvalue weighted by Gasteiger charge is 2.10. The van der Waals surface area contributed by atoms with E-state index in [-0.39, 0.29) is 12.5 Å². The van der Waals surface area contributed by atoms with Gasteiger partial charge in [-0.2, -0.15) is 0 Å². The second-order valence-corrected chi connectivity index (χ2v) is 6.64. The van der Waals surface area contributed by atoms with E-state index in [4.69, 9.17) is 4.74 Å². The van der Waals surface area contributed by atoms with E-state index in [0.717, 1.165) is 32.2 Å². The van der Waals surface area contributed by atoms with Gasteiger partial charge in [-0.1, -0.05) is 41.1 Å². The largest absolute Gasteiger partial charge is 0.483 e. The number of amides is 1. The third-order valence-electron chi connectivity index (χ3n) is 3.26. The van der Waals surface area contributed by atoms with Gasteiger partial charge in [0.25, 0.3) is 5.91 Å². The van der Waals surface area contributed by atoms with Gasteiger partial charge in [-0.05, 0) is 58.6 Å². The van der Waals surface area contributed by atoms with Crippen LogP contribution in [0.25, 0.3) is 0 Å². The number of nitrogens with one attached hydrogen (secondary N) is 1. The van der Waals surface area contributed by atoms with Crippen LogP contribution in [-0.4, -0.2) is 12.5 Å². The molecule has 2 aromatic carbocycles. The summed E-state index contributed by atoms with van der Waals surface area (Å²) in [6.45, 7) is 4.03. The minimum atomic E-state index is -0.168. The fourth-order valence-electron chi connectivity index (χ4n) is 2.11. The van der Waals surface area contributed by atoms with E-state index >= 15 is 0 Å². The molecular formula is C17H17Br2NO2. The predicted octanol–water partition coefficient (Wildman–Crippen LogP) is 5.10. The molecule has 116 valence electrons. The number of carbonyl (C=O) groups is 1. The highest BCUT2D eigenvalue weighted by molar-refractivity contribution is 9.11. The zero-order valence-corrected chi connectivity index (χ0v) is 15.6. The smallest absolute Gasteiger partial charge is 0.262 e. The standard InChI is InChI=1S/C17H17Br2NO2/c1-3-12-6-4-5-11(2)17(12)20-16(21)10-22-15-8-7-13(18)9-14(15)19/h4-9H,3,10H2,1-2H3,(H,20,21). The fraction of sp³-hybridized carbons (Fsp3) is 0.235. The minimum absolute atomic E-state index is 0.0300. The van der Waals surface area contributed by atoms with E-state index in [1.54, 1.807) is 0 Å². The zero-order chi connectivity index (χ0) is 16.1. The molecule has 0 saturated carbocycles. The van der Waals surface area contributed by atoms with Crippen molar-refractivity contribution in [2.75, 3.05) is 11.9 Å². The van der Waals surface area contributed by atoms with Crippen molar-refractivity contribution in [2.45, 2.75) is 20.3 Å². The first-order valence-electron chi connectivity index (χ1n) is 6.97. The Kier molecular flexibility index (Phi) is 6.03. The van der Waals surface area contributed by atoms with Crippen LogP contribution in [0.3, 0.4) is 0 Å². The van der Waals surface area contributed by atoms with Gasteiger partial charge in [-0.25, -0.2) is 0 Å². The first-order chi connectivity index (χ1) is 10.5. The lowest BCUT2D eigenvalue weighted by Crippen LogP contribution is -2.21. The van der Waals surface area contributed by atoms with Crippen LogP contribution in [0.15, 0.2) is 45.3 Å². The number of ether oxygens (including phenoxy) is 1. The van der Waals surface area contributed by atoms with Gasteiger partial charge in [0, 0.05) is 10.2 Å². The van der Waals surface area contributed by atoms with E-state index in [2.05, 4.69) is 44.1 Å². The summed E-state index contributed by atoms with van der Waals surface area (Å²) in [7, 11) is 0. The van der Waals surface area contributed by atoms with Crippen LogP contribution < -0.4 is 10.1 Å². The van der Waals surface area contributed by atoms with Gasteiger partial charge in [0.15, 0.2) is 6.61 Å². The molecule has 0 heterocycles. The Bertz CT molecular complexity index is 686. The maximum atomic E-state index is 12.1. The van der Waals surface area contributed by atoms with Gasteiger partial charge in [0.05, 0.1) is 4.47 Å². The number of hydrogen-bond donors (Lipinski definition) is 1. The highest BCUT2D eigenvalue weighted by atomic mass is 79.9. The molecule has 5 heteroatoms. The highest BCUT2D eigenvalue weighted by Crippen LogP contribution is 2.28. The second-order valence-electron chi connectivity index (χ2n) is 4.87. The fourth-order valence-corrected chi connectivity index (χ4v) is 3.27. The van der Waals surface area contributed by atoms with Crippen LogP contribution in [-0.2, 0) is 11.2 Å². The molecule has 0 saturated heterocycles. The molecule has 2 aromatic rings. The lowest BCUT2D eigenvalue weighted by atomic mass is 10.1. The predicted molar refractivity (Wildman–Crippen MR) is 96.5 cm³/mol. The van der Waals surface area contributed by atoms with E-state index < -0.39 is 0 Å². The quantitative estimate of drug-likeness (QED) is 0.722. The van der Waals surface area contributed by atoms with Gasteiger partial charge >= 0.3 is 0 Å². The average molecular weight is 427 g/mol. The van der Waals surface area contributed by atoms with Crippen molar-refractivity contribution in [1.82, 2.24) is 0 Å². The van der Waals surface area contributed by atoms with Crippen LogP contribution in [0.5, 0.6) is 5.75 Å². The summed E-state index contributed by atoms with van der Waals surface area (Å²) >= 11 is 6.79. The molecule has 22 heavy (non-hydrogen) atoms. The van der Waals surface area contributed by atoms with E-state index in [9.17, 15) is 4.79 Å². The Morgan fingerprint density at radius 2 is 2.00 bits per heavy atom. The van der Waals surface area contributed by atoms with Gasteiger partial charge in [-0.3, -0.25) is 4.79 Å². The molecule has 0 bridgehead atoms. The number of aryl methyl sites for hydroxylation is 2. The Balaban J connectivity index is 2.02. The summed E-state index contributed by atoms with van der Waals surface area (Å²) in [4.78, 5) is 12.1. The normalized spacial score (nSPS) is 10.4. The van der Waals surface area contributed by atoms with Crippen molar-refractivity contribution in [1.29, 1.82) is 0 Å². The second kappa shape index (κ2) is 7.79. The average Bonchev–Trinajstić information content (AvgIpc) is 2.48. The summed E-state index contributed by atoms with van der Waals surface area (Å²) in [5, 5.41) is 2.94. The van der Waals surface area contributed by atoms with Crippen molar-refractivity contribution in [3.63, 3.8) is 0 Å². The molecule has 0 aliphatic carbocycles. The molecule has 0 unspecified atom stereocenters. The van der Waals surface area contributed by atoms with Crippen molar-refractivity contribution in [3.05, 3.63) is 56.5 Å². The number of para-hydroxylation sites is 1. The van der Waals surface area contributed by atoms with E-state index in [0.29, 0.717) is 5.75 Å². The summed E-state index contributed by atoms with van der Waals surface area (Å²) in [5.41, 5.74) is 3.06. The van der Waals surface area contributed by atoms with E-state index in [1.165, 1.54) is 0 Å². The molecular weight excluding hydrogens is 410 g/mol. The number of benzene rings is 2. The SMILES string of the molecule is CCc1cccc(C)c1NC(=O)COc1ccc(Br)cc1Br. The minimum Gasteiger partial charge on any atom is -0.483 e. The lowest BCUT2D eigenvalue weighted by molar-refractivity contribution is -0.118. The molecule has 1 N–H and O–H groups in total. The molecule has 1 amide bonds. The molecule has 0 aliphatic heterocycles. The van der Waals surface area contributed by atoms with Crippen LogP contribution >= 0.6 is 31.9 Å². The molecule has 0 fully saturated rings. The molecule has 0 aromatic heterocycles.